The van der Waals surface area contributed by atoms with Gasteiger partial charge < -0.3 is 4.90 Å². The Balaban J connectivity index is 1.27. The van der Waals surface area contributed by atoms with Crippen molar-refractivity contribution in [2.24, 2.45) is 46.3 Å². The highest BCUT2D eigenvalue weighted by molar-refractivity contribution is 5.83. The van der Waals surface area contributed by atoms with E-state index in [4.69, 9.17) is 0 Å². The predicted molar refractivity (Wildman–Crippen MR) is 108 cm³/mol. The molecule has 2 nitrogen and oxygen atoms in total. The Labute approximate surface area is 174 Å². The highest BCUT2D eigenvalue weighted by Crippen LogP contribution is 2.62. The topological polar surface area (TPSA) is 20.3 Å². The summed E-state index contributed by atoms with van der Waals surface area (Å²) in [6, 6.07) is 0. The second kappa shape index (κ2) is 6.19. The van der Waals surface area contributed by atoms with Gasteiger partial charge in [-0.3, -0.25) is 4.79 Å². The van der Waals surface area contributed by atoms with E-state index in [1.165, 1.54) is 77.0 Å². The minimum atomic E-state index is -3.25. The van der Waals surface area contributed by atoms with Crippen LogP contribution in [-0.4, -0.2) is 29.8 Å². The van der Waals surface area contributed by atoms with Gasteiger partial charge in [-0.25, -0.2) is 0 Å². The minimum Gasteiger partial charge on any atom is -0.336 e. The lowest BCUT2D eigenvalue weighted by molar-refractivity contribution is -0.166. The maximum atomic E-state index is 14.3. The van der Waals surface area contributed by atoms with Crippen LogP contribution in [0.15, 0.2) is 0 Å². The van der Waals surface area contributed by atoms with E-state index < -0.39 is 11.8 Å². The van der Waals surface area contributed by atoms with E-state index in [2.05, 4.69) is 0 Å². The zero-order valence-corrected chi connectivity index (χ0v) is 18.0. The fourth-order valence-electron chi connectivity index (χ4n) is 10.3. The molecular formula is C25H37F2NO. The van der Waals surface area contributed by atoms with Gasteiger partial charge in [-0.2, -0.15) is 8.78 Å². The summed E-state index contributed by atoms with van der Waals surface area (Å²) in [6.07, 6.45) is 15.2. The molecule has 8 rings (SSSR count). The Bertz CT molecular complexity index is 579. The molecule has 0 aromatic rings. The van der Waals surface area contributed by atoms with Crippen LogP contribution in [0, 0.1) is 46.3 Å². The quantitative estimate of drug-likeness (QED) is 0.557. The monoisotopic (exact) mass is 405 g/mol. The highest BCUT2D eigenvalue weighted by Gasteiger charge is 2.56. The maximum Gasteiger partial charge on any atom is 0.322 e. The molecule has 0 unspecified atom stereocenters. The third-order valence-electron chi connectivity index (χ3n) is 10.0. The first kappa shape index (κ1) is 19.0. The molecule has 0 aromatic heterocycles. The summed E-state index contributed by atoms with van der Waals surface area (Å²) in [5.41, 5.74) is 0.274. The molecule has 0 N–H and O–H groups in total. The molecule has 0 radical (unpaired) electrons. The molecule has 1 amide bonds. The second-order valence-electron chi connectivity index (χ2n) is 12.9. The molecule has 0 spiro atoms. The molecule has 4 heteroatoms. The normalized spacial score (nSPS) is 49.6. The van der Waals surface area contributed by atoms with Crippen LogP contribution in [-0.2, 0) is 4.79 Å². The van der Waals surface area contributed by atoms with Crippen molar-refractivity contribution in [2.75, 3.05) is 13.1 Å². The van der Waals surface area contributed by atoms with E-state index in [1.54, 1.807) is 4.90 Å². The van der Waals surface area contributed by atoms with Crippen LogP contribution in [0.3, 0.4) is 0 Å². The Morgan fingerprint density at radius 2 is 1.00 bits per heavy atom. The molecule has 162 valence electrons. The Morgan fingerprint density at radius 3 is 1.24 bits per heavy atom. The summed E-state index contributed by atoms with van der Waals surface area (Å²) in [7, 11) is 0. The zero-order valence-electron chi connectivity index (χ0n) is 18.0. The van der Waals surface area contributed by atoms with Gasteiger partial charge in [0.1, 0.15) is 0 Å². The van der Waals surface area contributed by atoms with Crippen LogP contribution >= 0.6 is 0 Å². The van der Waals surface area contributed by atoms with Gasteiger partial charge in [0.15, 0.2) is 0 Å². The highest BCUT2D eigenvalue weighted by atomic mass is 19.3. The minimum absolute atomic E-state index is 0.137. The molecule has 8 aliphatic rings. The first-order valence-corrected chi connectivity index (χ1v) is 12.4. The van der Waals surface area contributed by atoms with Crippen molar-refractivity contribution in [3.8, 4) is 0 Å². The molecule has 29 heavy (non-hydrogen) atoms. The molecule has 0 aromatic carbocycles. The molecule has 8 bridgehead atoms. The Hall–Kier alpha value is -0.670. The average molecular weight is 406 g/mol. The van der Waals surface area contributed by atoms with E-state index in [1.807, 2.05) is 0 Å². The van der Waals surface area contributed by atoms with Gasteiger partial charge in [-0.05, 0) is 123 Å². The van der Waals surface area contributed by atoms with E-state index >= 15 is 0 Å². The fourth-order valence-corrected chi connectivity index (χ4v) is 10.3. The summed E-state index contributed by atoms with van der Waals surface area (Å²) >= 11 is 0. The fraction of sp³-hybridized carbons (Fsp3) is 0.960. The maximum absolute atomic E-state index is 14.3. The molecule has 8 fully saturated rings. The lowest BCUT2D eigenvalue weighted by atomic mass is 9.48. The summed E-state index contributed by atoms with van der Waals surface area (Å²) in [6.45, 7) is 2.04. The first-order valence-electron chi connectivity index (χ1n) is 12.4. The van der Waals surface area contributed by atoms with Gasteiger partial charge in [-0.15, -0.1) is 0 Å². The third kappa shape index (κ3) is 3.26. The number of amides is 1. The standard InChI is InChI=1S/C25H37F2NO/c1-23(26,27)22(29)28(14-24-8-16-2-17(9-24)4-18(3-16)10-24)15-25-11-19-5-20(12-25)7-21(6-19)13-25/h16-21H,2-15H2,1H3. The van der Waals surface area contributed by atoms with Crippen molar-refractivity contribution in [1.29, 1.82) is 0 Å². The van der Waals surface area contributed by atoms with Gasteiger partial charge in [-0.1, -0.05) is 0 Å². The Kier molecular flexibility index (Phi) is 4.07. The first-order chi connectivity index (χ1) is 13.7. The van der Waals surface area contributed by atoms with Crippen molar-refractivity contribution in [2.45, 2.75) is 89.9 Å². The van der Waals surface area contributed by atoms with Crippen molar-refractivity contribution in [3.05, 3.63) is 0 Å². The molecule has 8 aliphatic carbocycles. The number of carbonyl (C=O) groups is 1. The second-order valence-corrected chi connectivity index (χ2v) is 12.9. The number of alkyl halides is 2. The van der Waals surface area contributed by atoms with Crippen molar-refractivity contribution in [3.63, 3.8) is 0 Å². The molecule has 0 saturated heterocycles. The smallest absolute Gasteiger partial charge is 0.322 e. The van der Waals surface area contributed by atoms with Crippen LogP contribution in [0.2, 0.25) is 0 Å². The van der Waals surface area contributed by atoms with Crippen LogP contribution < -0.4 is 0 Å². The number of hydrogen-bond acceptors (Lipinski definition) is 1. The van der Waals surface area contributed by atoms with Crippen LogP contribution in [0.4, 0.5) is 8.78 Å². The van der Waals surface area contributed by atoms with E-state index in [0.717, 1.165) is 42.4 Å². The summed E-state index contributed by atoms with van der Waals surface area (Å²) in [5, 5.41) is 0. The number of rotatable bonds is 5. The lowest BCUT2D eigenvalue weighted by Crippen LogP contribution is -2.58. The summed E-state index contributed by atoms with van der Waals surface area (Å²) in [4.78, 5) is 14.7. The summed E-state index contributed by atoms with van der Waals surface area (Å²) < 4.78 is 28.6. The van der Waals surface area contributed by atoms with Crippen molar-refractivity contribution < 1.29 is 13.6 Å². The molecule has 0 heterocycles. The van der Waals surface area contributed by atoms with E-state index in [-0.39, 0.29) is 10.8 Å². The van der Waals surface area contributed by atoms with Crippen LogP contribution in [0.5, 0.6) is 0 Å². The largest absolute Gasteiger partial charge is 0.336 e. The number of carbonyl (C=O) groups excluding carboxylic acids is 1. The lowest BCUT2D eigenvalue weighted by Gasteiger charge is -2.60. The third-order valence-corrected chi connectivity index (χ3v) is 10.0. The average Bonchev–Trinajstić information content (AvgIpc) is 2.56. The van der Waals surface area contributed by atoms with Gasteiger partial charge in [0.2, 0.25) is 0 Å². The van der Waals surface area contributed by atoms with Gasteiger partial charge in [0, 0.05) is 20.0 Å². The van der Waals surface area contributed by atoms with Gasteiger partial charge in [0.25, 0.3) is 5.91 Å². The zero-order chi connectivity index (χ0) is 20.0. The number of nitrogens with zero attached hydrogens (tertiary/aromatic N) is 1. The van der Waals surface area contributed by atoms with Crippen molar-refractivity contribution >= 4 is 5.91 Å². The van der Waals surface area contributed by atoms with Gasteiger partial charge in [0.05, 0.1) is 0 Å². The van der Waals surface area contributed by atoms with Crippen LogP contribution in [0.1, 0.15) is 84.0 Å². The molecule has 0 aliphatic heterocycles. The van der Waals surface area contributed by atoms with Gasteiger partial charge >= 0.3 is 5.92 Å². The van der Waals surface area contributed by atoms with Crippen molar-refractivity contribution in [1.82, 2.24) is 4.90 Å². The van der Waals surface area contributed by atoms with E-state index in [9.17, 15) is 13.6 Å². The molecule has 8 saturated carbocycles. The number of hydrogen-bond donors (Lipinski definition) is 0. The Morgan fingerprint density at radius 1 is 0.724 bits per heavy atom. The summed E-state index contributed by atoms with van der Waals surface area (Å²) in [5.74, 6) is 0.619. The SMILES string of the molecule is CC(F)(F)C(=O)N(CC12CC3CC(CC(C3)C1)C2)CC12CC3CC(CC(C3)C1)C2. The van der Waals surface area contributed by atoms with Crippen LogP contribution in [0.25, 0.3) is 0 Å². The predicted octanol–water partition coefficient (Wildman–Crippen LogP) is 5.90. The molecular weight excluding hydrogens is 368 g/mol. The molecule has 0 atom stereocenters. The number of halogens is 2. The van der Waals surface area contributed by atoms with E-state index in [0.29, 0.717) is 13.1 Å².